The molecule has 31 heavy (non-hydrogen) atoms. The molecule has 0 saturated carbocycles. The van der Waals surface area contributed by atoms with Crippen molar-refractivity contribution in [1.82, 2.24) is 4.57 Å². The lowest BCUT2D eigenvalue weighted by atomic mass is 10.1. The molecule has 0 aliphatic carbocycles. The molecule has 1 aliphatic rings. The van der Waals surface area contributed by atoms with Gasteiger partial charge in [-0.25, -0.2) is 22.4 Å². The molecule has 162 valence electrons. The molecule has 0 radical (unpaired) electrons. The van der Waals surface area contributed by atoms with Crippen molar-refractivity contribution < 1.29 is 27.1 Å². The molecule has 9 heteroatoms. The van der Waals surface area contributed by atoms with Gasteiger partial charge in [-0.1, -0.05) is 0 Å². The normalized spacial score (nSPS) is 13.8. The summed E-state index contributed by atoms with van der Waals surface area (Å²) in [6.45, 7) is 2.88. The summed E-state index contributed by atoms with van der Waals surface area (Å²) in [5.74, 6) is -6.59. The first-order chi connectivity index (χ1) is 14.8. The molecular formula is C22H18F4N2O3. The highest BCUT2D eigenvalue weighted by Crippen LogP contribution is 2.29. The maximum atomic E-state index is 14.9. The van der Waals surface area contributed by atoms with E-state index in [1.54, 1.807) is 0 Å². The second-order valence-electron chi connectivity index (χ2n) is 7.17. The third kappa shape index (κ3) is 3.54. The number of pyridine rings is 1. The van der Waals surface area contributed by atoms with Gasteiger partial charge >= 0.3 is 5.97 Å². The Balaban J connectivity index is 1.99. The van der Waals surface area contributed by atoms with E-state index in [-0.39, 0.29) is 12.3 Å². The molecule has 0 amide bonds. The topological polar surface area (TPSA) is 51.5 Å². The van der Waals surface area contributed by atoms with Crippen LogP contribution in [0.2, 0.25) is 0 Å². The number of esters is 1. The van der Waals surface area contributed by atoms with E-state index in [0.29, 0.717) is 24.8 Å². The summed E-state index contributed by atoms with van der Waals surface area (Å²) >= 11 is 0. The number of fused-ring (bicyclic) bond motifs is 1. The number of halogens is 4. The van der Waals surface area contributed by atoms with E-state index < -0.39 is 51.1 Å². The lowest BCUT2D eigenvalue weighted by Gasteiger charge is -2.20. The van der Waals surface area contributed by atoms with Crippen LogP contribution in [0.15, 0.2) is 35.3 Å². The molecule has 1 fully saturated rings. The maximum absolute atomic E-state index is 14.9. The standard InChI is InChI=1S/C22H18F4N2O3/c1-2-31-22(30)14-11-28(20-13(21(14)29)10-16(24)18(25)19(20)26)12-5-6-17(15(23)9-12)27-7-3-4-8-27/h5-6,9-11H,2-4,7-8H2,1H3. The Bertz CT molecular complexity index is 1250. The average Bonchev–Trinajstić information content (AvgIpc) is 3.27. The van der Waals surface area contributed by atoms with Crippen molar-refractivity contribution in [2.24, 2.45) is 0 Å². The van der Waals surface area contributed by atoms with Gasteiger partial charge in [-0.15, -0.1) is 0 Å². The quantitative estimate of drug-likeness (QED) is 0.349. The second kappa shape index (κ2) is 8.05. The molecule has 3 aromatic rings. The summed E-state index contributed by atoms with van der Waals surface area (Å²) in [7, 11) is 0. The number of ether oxygens (including phenoxy) is 1. The molecule has 0 unspecified atom stereocenters. The number of carbonyl (C=O) groups excluding carboxylic acids is 1. The number of carbonyl (C=O) groups is 1. The van der Waals surface area contributed by atoms with E-state index in [4.69, 9.17) is 4.74 Å². The smallest absolute Gasteiger partial charge is 0.343 e. The summed E-state index contributed by atoms with van der Waals surface area (Å²) in [5, 5.41) is -0.564. The second-order valence-corrected chi connectivity index (χ2v) is 7.17. The average molecular weight is 434 g/mol. The minimum atomic E-state index is -1.78. The maximum Gasteiger partial charge on any atom is 0.343 e. The zero-order valence-corrected chi connectivity index (χ0v) is 16.6. The van der Waals surface area contributed by atoms with Crippen LogP contribution in [0, 0.1) is 23.3 Å². The van der Waals surface area contributed by atoms with Crippen molar-refractivity contribution in [3.05, 3.63) is 69.5 Å². The van der Waals surface area contributed by atoms with Gasteiger partial charge in [-0.05, 0) is 38.0 Å². The zero-order valence-electron chi connectivity index (χ0n) is 16.6. The third-order valence-corrected chi connectivity index (χ3v) is 5.28. The molecular weight excluding hydrogens is 416 g/mol. The van der Waals surface area contributed by atoms with Crippen molar-refractivity contribution in [2.75, 3.05) is 24.6 Å². The van der Waals surface area contributed by atoms with Crippen molar-refractivity contribution in [3.8, 4) is 5.69 Å². The predicted molar refractivity (Wildman–Crippen MR) is 107 cm³/mol. The number of hydrogen-bond donors (Lipinski definition) is 0. The number of rotatable bonds is 4. The van der Waals surface area contributed by atoms with Gasteiger partial charge < -0.3 is 14.2 Å². The van der Waals surface area contributed by atoms with E-state index in [0.717, 1.165) is 29.7 Å². The molecule has 2 aromatic carbocycles. The van der Waals surface area contributed by atoms with Crippen molar-refractivity contribution in [1.29, 1.82) is 0 Å². The molecule has 0 bridgehead atoms. The van der Waals surface area contributed by atoms with E-state index in [1.807, 2.05) is 4.90 Å². The van der Waals surface area contributed by atoms with Crippen LogP contribution in [0.5, 0.6) is 0 Å². The molecule has 1 aliphatic heterocycles. The number of benzene rings is 2. The minimum Gasteiger partial charge on any atom is -0.462 e. The molecule has 0 spiro atoms. The van der Waals surface area contributed by atoms with Gasteiger partial charge in [0, 0.05) is 31.0 Å². The minimum absolute atomic E-state index is 0.0286. The van der Waals surface area contributed by atoms with Crippen molar-refractivity contribution in [2.45, 2.75) is 19.8 Å². The number of anilines is 1. The molecule has 0 atom stereocenters. The first-order valence-electron chi connectivity index (χ1n) is 9.78. The fourth-order valence-electron chi connectivity index (χ4n) is 3.81. The Labute approximate surface area is 174 Å². The summed E-state index contributed by atoms with van der Waals surface area (Å²) in [4.78, 5) is 26.8. The summed E-state index contributed by atoms with van der Waals surface area (Å²) in [6, 6.07) is 4.55. The molecule has 1 aromatic heterocycles. The monoisotopic (exact) mass is 434 g/mol. The van der Waals surface area contributed by atoms with E-state index >= 15 is 0 Å². The van der Waals surface area contributed by atoms with E-state index in [2.05, 4.69) is 0 Å². The summed E-state index contributed by atoms with van der Waals surface area (Å²) < 4.78 is 63.2. The van der Waals surface area contributed by atoms with Gasteiger partial charge in [0.1, 0.15) is 11.4 Å². The first kappa shape index (κ1) is 20.9. The van der Waals surface area contributed by atoms with Crippen molar-refractivity contribution in [3.63, 3.8) is 0 Å². The molecule has 0 N–H and O–H groups in total. The van der Waals surface area contributed by atoms with Crippen molar-refractivity contribution >= 4 is 22.6 Å². The predicted octanol–water partition coefficient (Wildman–Crippen LogP) is 4.32. The van der Waals surface area contributed by atoms with Crippen LogP contribution in [0.25, 0.3) is 16.6 Å². The Morgan fingerprint density at radius 1 is 1.03 bits per heavy atom. The largest absolute Gasteiger partial charge is 0.462 e. The highest BCUT2D eigenvalue weighted by atomic mass is 19.2. The lowest BCUT2D eigenvalue weighted by molar-refractivity contribution is 0.0524. The number of nitrogens with zero attached hydrogens (tertiary/aromatic N) is 2. The van der Waals surface area contributed by atoms with E-state index in [1.165, 1.54) is 19.1 Å². The third-order valence-electron chi connectivity index (χ3n) is 5.28. The van der Waals surface area contributed by atoms with Crippen LogP contribution in [0.1, 0.15) is 30.1 Å². The highest BCUT2D eigenvalue weighted by Gasteiger charge is 2.24. The Morgan fingerprint density at radius 2 is 1.74 bits per heavy atom. The summed E-state index contributed by atoms with van der Waals surface area (Å²) in [5.41, 5.74) is -1.75. The van der Waals surface area contributed by atoms with Gasteiger partial charge in [0.25, 0.3) is 0 Å². The Hall–Kier alpha value is -3.36. The van der Waals surface area contributed by atoms with Crippen LogP contribution < -0.4 is 10.3 Å². The molecule has 4 rings (SSSR count). The molecule has 2 heterocycles. The summed E-state index contributed by atoms with van der Waals surface area (Å²) in [6.07, 6.45) is 2.82. The van der Waals surface area contributed by atoms with Gasteiger partial charge in [0.05, 0.1) is 23.2 Å². The fraction of sp³-hybridized carbons (Fsp3) is 0.273. The van der Waals surface area contributed by atoms with Crippen LogP contribution in [0.3, 0.4) is 0 Å². The number of aromatic nitrogens is 1. The highest BCUT2D eigenvalue weighted by molar-refractivity contribution is 5.94. The Kier molecular flexibility index (Phi) is 5.43. The van der Waals surface area contributed by atoms with Crippen LogP contribution in [-0.4, -0.2) is 30.2 Å². The SMILES string of the molecule is CCOC(=O)c1cn(-c2ccc(N3CCCC3)c(F)c2)c2c(F)c(F)c(F)cc2c1=O. The first-order valence-corrected chi connectivity index (χ1v) is 9.78. The number of hydrogen-bond acceptors (Lipinski definition) is 4. The van der Waals surface area contributed by atoms with Gasteiger partial charge in [0.2, 0.25) is 5.43 Å². The fourth-order valence-corrected chi connectivity index (χ4v) is 3.81. The van der Waals surface area contributed by atoms with Gasteiger partial charge in [-0.3, -0.25) is 4.79 Å². The van der Waals surface area contributed by atoms with Crippen LogP contribution >= 0.6 is 0 Å². The molecule has 5 nitrogen and oxygen atoms in total. The molecule has 1 saturated heterocycles. The lowest BCUT2D eigenvalue weighted by Crippen LogP contribution is -2.22. The van der Waals surface area contributed by atoms with E-state index in [9.17, 15) is 27.2 Å². The Morgan fingerprint density at radius 3 is 2.39 bits per heavy atom. The zero-order chi connectivity index (χ0) is 22.3. The van der Waals surface area contributed by atoms with Crippen LogP contribution in [0.4, 0.5) is 23.2 Å². The van der Waals surface area contributed by atoms with Gasteiger partial charge in [-0.2, -0.15) is 0 Å². The van der Waals surface area contributed by atoms with Crippen LogP contribution in [-0.2, 0) is 4.74 Å². The van der Waals surface area contributed by atoms with Gasteiger partial charge in [0.15, 0.2) is 17.5 Å².